The lowest BCUT2D eigenvalue weighted by molar-refractivity contribution is 0.708. The van der Waals surface area contributed by atoms with Crippen LogP contribution in [0.5, 0.6) is 0 Å². The first kappa shape index (κ1) is 6.05. The van der Waals surface area contributed by atoms with E-state index in [-0.39, 0.29) is 11.8 Å². The van der Waals surface area contributed by atoms with Gasteiger partial charge in [-0.25, -0.2) is 9.67 Å². The predicted octanol–water partition coefficient (Wildman–Crippen LogP) is 0.455. The number of aromatic nitrogens is 3. The molecule has 0 aromatic carbocycles. The molecule has 0 fully saturated rings. The monoisotopic (exact) mass is 142 g/mol. The average Bonchev–Trinajstić information content (AvgIpc) is 2.17. The van der Waals surface area contributed by atoms with Crippen LogP contribution in [0.1, 0.15) is 0 Å². The van der Waals surface area contributed by atoms with E-state index >= 15 is 0 Å². The van der Waals surface area contributed by atoms with Crippen molar-refractivity contribution in [2.45, 2.75) is 6.54 Å². The summed E-state index contributed by atoms with van der Waals surface area (Å²) >= 11 is 5.34. The number of hydrogen-bond acceptors (Lipinski definition) is 3. The van der Waals surface area contributed by atoms with Crippen molar-refractivity contribution in [1.82, 2.24) is 14.8 Å². The molecule has 46 valence electrons. The second kappa shape index (κ2) is 2.46. The van der Waals surface area contributed by atoms with Gasteiger partial charge in [0.1, 0.15) is 12.9 Å². The van der Waals surface area contributed by atoms with Crippen LogP contribution in [0.2, 0.25) is 5.28 Å². The fraction of sp³-hybridized carbons (Fsp3) is 0.250. The predicted molar refractivity (Wildman–Crippen MR) is 30.6 cm³/mol. The van der Waals surface area contributed by atoms with Gasteiger partial charge in [-0.1, -0.05) is 0 Å². The molecule has 0 unspecified atom stereocenters. The Morgan fingerprint density at radius 3 is 3.11 bits per heavy atom. The van der Waals surface area contributed by atoms with Crippen LogP contribution in [0, 0.1) is 11.3 Å². The molecule has 5 heteroatoms. The van der Waals surface area contributed by atoms with Crippen LogP contribution in [0.25, 0.3) is 0 Å². The molecule has 0 saturated heterocycles. The molecule has 4 nitrogen and oxygen atoms in total. The zero-order chi connectivity index (χ0) is 6.69. The lowest BCUT2D eigenvalue weighted by Crippen LogP contribution is -1.94. The quantitative estimate of drug-likeness (QED) is 0.572. The van der Waals surface area contributed by atoms with Crippen molar-refractivity contribution in [2.24, 2.45) is 0 Å². The van der Waals surface area contributed by atoms with Gasteiger partial charge in [0, 0.05) is 0 Å². The van der Waals surface area contributed by atoms with Crippen molar-refractivity contribution in [3.63, 3.8) is 0 Å². The van der Waals surface area contributed by atoms with Crippen LogP contribution >= 0.6 is 11.6 Å². The first-order valence-corrected chi connectivity index (χ1v) is 2.62. The maximum atomic E-state index is 8.15. The van der Waals surface area contributed by atoms with E-state index in [4.69, 9.17) is 16.9 Å². The smallest absolute Gasteiger partial charge is 0.237 e. The third kappa shape index (κ3) is 1.40. The summed E-state index contributed by atoms with van der Waals surface area (Å²) in [5.41, 5.74) is 0. The van der Waals surface area contributed by atoms with E-state index in [1.807, 2.05) is 6.07 Å². The number of nitrogens with zero attached hydrogens (tertiary/aromatic N) is 4. The molecule has 0 N–H and O–H groups in total. The minimum absolute atomic E-state index is 0.172. The van der Waals surface area contributed by atoms with E-state index in [1.54, 1.807) is 0 Å². The number of rotatable bonds is 1. The molecule has 0 aliphatic carbocycles. The summed E-state index contributed by atoms with van der Waals surface area (Å²) in [6.07, 6.45) is 1.41. The summed E-state index contributed by atoms with van der Waals surface area (Å²) in [6, 6.07) is 1.90. The van der Waals surface area contributed by atoms with E-state index in [9.17, 15) is 0 Å². The molecule has 1 aromatic heterocycles. The molecular weight excluding hydrogens is 140 g/mol. The van der Waals surface area contributed by atoms with Crippen molar-refractivity contribution in [3.05, 3.63) is 11.6 Å². The zero-order valence-electron chi connectivity index (χ0n) is 4.45. The molecule has 0 bridgehead atoms. The van der Waals surface area contributed by atoms with Crippen LogP contribution in [0.4, 0.5) is 0 Å². The second-order valence-corrected chi connectivity index (χ2v) is 1.71. The van der Waals surface area contributed by atoms with Crippen LogP contribution in [-0.4, -0.2) is 14.8 Å². The average molecular weight is 143 g/mol. The SMILES string of the molecule is N#CCn1cnc(Cl)n1. The van der Waals surface area contributed by atoms with Gasteiger partial charge >= 0.3 is 0 Å². The van der Waals surface area contributed by atoms with Crippen molar-refractivity contribution in [3.8, 4) is 6.07 Å². The number of nitriles is 1. The zero-order valence-corrected chi connectivity index (χ0v) is 5.21. The van der Waals surface area contributed by atoms with Crippen molar-refractivity contribution < 1.29 is 0 Å². The Labute approximate surface area is 56.7 Å². The molecule has 0 amide bonds. The normalized spacial score (nSPS) is 8.89. The summed E-state index contributed by atoms with van der Waals surface area (Å²) in [7, 11) is 0. The highest BCUT2D eigenvalue weighted by molar-refractivity contribution is 6.28. The second-order valence-electron chi connectivity index (χ2n) is 1.37. The molecule has 1 aromatic rings. The van der Waals surface area contributed by atoms with Gasteiger partial charge in [0.2, 0.25) is 5.28 Å². The molecule has 0 atom stereocenters. The summed E-state index contributed by atoms with van der Waals surface area (Å²) < 4.78 is 1.36. The number of hydrogen-bond donors (Lipinski definition) is 0. The fourth-order valence-corrected chi connectivity index (χ4v) is 0.561. The van der Waals surface area contributed by atoms with Gasteiger partial charge in [0.15, 0.2) is 0 Å². The number of halogens is 1. The summed E-state index contributed by atoms with van der Waals surface area (Å²) in [4.78, 5) is 3.60. The third-order valence-corrected chi connectivity index (χ3v) is 0.914. The van der Waals surface area contributed by atoms with Crippen molar-refractivity contribution in [1.29, 1.82) is 5.26 Å². The Morgan fingerprint density at radius 1 is 1.89 bits per heavy atom. The summed E-state index contributed by atoms with van der Waals surface area (Å²) in [5, 5.41) is 12.0. The molecular formula is C4H3ClN4. The highest BCUT2D eigenvalue weighted by atomic mass is 35.5. The Kier molecular flexibility index (Phi) is 1.66. The van der Waals surface area contributed by atoms with E-state index in [2.05, 4.69) is 10.1 Å². The molecule has 0 aliphatic rings. The van der Waals surface area contributed by atoms with Gasteiger partial charge in [0.25, 0.3) is 0 Å². The van der Waals surface area contributed by atoms with Crippen LogP contribution < -0.4 is 0 Å². The van der Waals surface area contributed by atoms with E-state index < -0.39 is 0 Å². The van der Waals surface area contributed by atoms with Crippen LogP contribution in [0.15, 0.2) is 6.33 Å². The van der Waals surface area contributed by atoms with Gasteiger partial charge in [-0.3, -0.25) is 0 Å². The maximum Gasteiger partial charge on any atom is 0.242 e. The molecule has 0 spiro atoms. The molecule has 0 radical (unpaired) electrons. The van der Waals surface area contributed by atoms with Crippen molar-refractivity contribution in [2.75, 3.05) is 0 Å². The largest absolute Gasteiger partial charge is 0.242 e. The molecule has 9 heavy (non-hydrogen) atoms. The van der Waals surface area contributed by atoms with E-state index in [0.717, 1.165) is 0 Å². The Bertz CT molecular complexity index is 235. The van der Waals surface area contributed by atoms with E-state index in [1.165, 1.54) is 11.0 Å². The first-order valence-electron chi connectivity index (χ1n) is 2.25. The van der Waals surface area contributed by atoms with Crippen LogP contribution in [0.3, 0.4) is 0 Å². The Balaban J connectivity index is 2.76. The third-order valence-electron chi connectivity index (χ3n) is 0.741. The highest BCUT2D eigenvalue weighted by Crippen LogP contribution is 1.95. The lowest BCUT2D eigenvalue weighted by Gasteiger charge is -1.83. The first-order chi connectivity index (χ1) is 4.33. The van der Waals surface area contributed by atoms with Gasteiger partial charge in [-0.15, -0.1) is 5.10 Å². The summed E-state index contributed by atoms with van der Waals surface area (Å²) in [5.74, 6) is 0. The minimum Gasteiger partial charge on any atom is -0.237 e. The maximum absolute atomic E-state index is 8.15. The summed E-state index contributed by atoms with van der Waals surface area (Å²) in [6.45, 7) is 0.194. The molecule has 1 rings (SSSR count). The lowest BCUT2D eigenvalue weighted by atomic mass is 10.7. The van der Waals surface area contributed by atoms with Gasteiger partial charge < -0.3 is 0 Å². The Hall–Kier alpha value is -1.08. The van der Waals surface area contributed by atoms with E-state index in [0.29, 0.717) is 0 Å². The van der Waals surface area contributed by atoms with Crippen molar-refractivity contribution >= 4 is 11.6 Å². The Morgan fingerprint density at radius 2 is 2.67 bits per heavy atom. The molecule has 0 saturated carbocycles. The topological polar surface area (TPSA) is 54.5 Å². The molecule has 0 aliphatic heterocycles. The van der Waals surface area contributed by atoms with Crippen LogP contribution in [-0.2, 0) is 6.54 Å². The minimum atomic E-state index is 0.172. The molecule has 1 heterocycles. The van der Waals surface area contributed by atoms with Gasteiger partial charge in [0.05, 0.1) is 6.07 Å². The van der Waals surface area contributed by atoms with Gasteiger partial charge in [-0.2, -0.15) is 5.26 Å². The van der Waals surface area contributed by atoms with Gasteiger partial charge in [-0.05, 0) is 11.6 Å². The fourth-order valence-electron chi connectivity index (χ4n) is 0.421. The highest BCUT2D eigenvalue weighted by Gasteiger charge is 1.92. The standard InChI is InChI=1S/C4H3ClN4/c5-4-7-3-9(8-4)2-1-6/h3H,2H2.